The lowest BCUT2D eigenvalue weighted by molar-refractivity contribution is -0.118. The van der Waals surface area contributed by atoms with Gasteiger partial charge in [0.15, 0.2) is 6.61 Å². The van der Waals surface area contributed by atoms with E-state index >= 15 is 0 Å². The molecule has 0 radical (unpaired) electrons. The van der Waals surface area contributed by atoms with Crippen molar-refractivity contribution in [2.45, 2.75) is 0 Å². The molecule has 1 aliphatic heterocycles. The number of halogens is 2. The molecule has 0 aliphatic carbocycles. The number of thiazole rings is 1. The monoisotopic (exact) mass is 495 g/mol. The molecule has 3 heterocycles. The van der Waals surface area contributed by atoms with Gasteiger partial charge in [-0.3, -0.25) is 9.78 Å². The Kier molecular flexibility index (Phi) is 5.95. The van der Waals surface area contributed by atoms with Crippen LogP contribution in [-0.4, -0.2) is 28.4 Å². The molecule has 164 valence electrons. The van der Waals surface area contributed by atoms with Crippen molar-refractivity contribution in [3.05, 3.63) is 86.7 Å². The highest BCUT2D eigenvalue weighted by molar-refractivity contribution is 7.07. The second-order valence-electron chi connectivity index (χ2n) is 7.00. The summed E-state index contributed by atoms with van der Waals surface area (Å²) in [6, 6.07) is 14.5. The van der Waals surface area contributed by atoms with Crippen molar-refractivity contribution in [2.75, 3.05) is 11.9 Å². The molecule has 4 aromatic rings. The van der Waals surface area contributed by atoms with Crippen LogP contribution in [0.3, 0.4) is 0 Å². The van der Waals surface area contributed by atoms with Crippen molar-refractivity contribution >= 4 is 58.0 Å². The molecule has 2 aromatic carbocycles. The Morgan fingerprint density at radius 3 is 2.88 bits per heavy atom. The summed E-state index contributed by atoms with van der Waals surface area (Å²) in [6.07, 6.45) is 5.13. The minimum atomic E-state index is -0.192. The van der Waals surface area contributed by atoms with Crippen LogP contribution in [-0.2, 0) is 4.79 Å². The fourth-order valence-corrected chi connectivity index (χ4v) is 4.32. The number of hydrogen-bond donors (Lipinski definition) is 1. The second-order valence-corrected chi connectivity index (χ2v) is 8.66. The van der Waals surface area contributed by atoms with Gasteiger partial charge in [0.05, 0.1) is 33.3 Å². The maximum Gasteiger partial charge on any atom is 0.262 e. The summed E-state index contributed by atoms with van der Waals surface area (Å²) in [6.45, 7) is 0.00683. The molecule has 0 spiro atoms. The number of hydrogen-bond acceptors (Lipinski definition) is 6. The lowest BCUT2D eigenvalue weighted by Gasteiger charge is -2.18. The maximum atomic E-state index is 11.8. The Morgan fingerprint density at radius 1 is 1.15 bits per heavy atom. The lowest BCUT2D eigenvalue weighted by atomic mass is 10.1. The van der Waals surface area contributed by atoms with Gasteiger partial charge in [-0.1, -0.05) is 29.3 Å². The molecule has 0 bridgehead atoms. The number of benzene rings is 2. The quantitative estimate of drug-likeness (QED) is 0.386. The number of ether oxygens (including phenoxy) is 1. The van der Waals surface area contributed by atoms with E-state index in [2.05, 4.69) is 15.4 Å². The van der Waals surface area contributed by atoms with Gasteiger partial charge in [-0.05, 0) is 42.5 Å². The third kappa shape index (κ3) is 4.68. The molecular formula is C23H15Cl2N5O2S. The van der Waals surface area contributed by atoms with E-state index < -0.39 is 0 Å². The number of carbonyl (C=O) groups is 1. The fourth-order valence-electron chi connectivity index (χ4n) is 3.17. The van der Waals surface area contributed by atoms with Crippen molar-refractivity contribution < 1.29 is 9.53 Å². The molecule has 10 heteroatoms. The van der Waals surface area contributed by atoms with Crippen LogP contribution in [0.2, 0.25) is 10.0 Å². The van der Waals surface area contributed by atoms with E-state index in [0.29, 0.717) is 32.0 Å². The molecule has 0 unspecified atom stereocenters. The van der Waals surface area contributed by atoms with Gasteiger partial charge in [0, 0.05) is 28.9 Å². The number of fused-ring (bicyclic) bond motifs is 1. The van der Waals surface area contributed by atoms with Gasteiger partial charge in [0.2, 0.25) is 4.80 Å². The Morgan fingerprint density at radius 2 is 2.06 bits per heavy atom. The molecule has 33 heavy (non-hydrogen) atoms. The number of nitrogens with zero attached hydrogens (tertiary/aromatic N) is 4. The minimum absolute atomic E-state index is 0.00683. The van der Waals surface area contributed by atoms with E-state index in [1.54, 1.807) is 41.5 Å². The standard InChI is InChI=1S/C23H15Cl2N5O2S/c24-17-5-4-16(9-18(17)25)28-23-30(27-11-14-2-1-7-26-10-14)20(13-33-23)15-3-6-21-19(8-15)29-22(31)12-32-21/h1-11,13H,12H2,(H,29,31). The van der Waals surface area contributed by atoms with E-state index in [-0.39, 0.29) is 12.5 Å². The zero-order chi connectivity index (χ0) is 22.8. The predicted octanol–water partition coefficient (Wildman–Crippen LogP) is 5.36. The molecule has 2 aromatic heterocycles. The fraction of sp³-hybridized carbons (Fsp3) is 0.0435. The molecule has 1 N–H and O–H groups in total. The molecule has 0 atom stereocenters. The van der Waals surface area contributed by atoms with Crippen LogP contribution in [0.4, 0.5) is 11.4 Å². The summed E-state index contributed by atoms with van der Waals surface area (Å²) >= 11 is 13.6. The molecule has 5 rings (SSSR count). The van der Waals surface area contributed by atoms with Gasteiger partial charge in [-0.15, -0.1) is 11.3 Å². The Bertz CT molecular complexity index is 1450. The summed E-state index contributed by atoms with van der Waals surface area (Å²) in [5.41, 5.74) is 3.74. The van der Waals surface area contributed by atoms with Gasteiger partial charge < -0.3 is 10.1 Å². The highest BCUT2D eigenvalue weighted by atomic mass is 35.5. The molecule has 1 aliphatic rings. The van der Waals surface area contributed by atoms with E-state index in [9.17, 15) is 4.79 Å². The number of nitrogens with one attached hydrogen (secondary N) is 1. The normalized spacial score (nSPS) is 13.6. The van der Waals surface area contributed by atoms with E-state index in [1.807, 2.05) is 35.7 Å². The third-order valence-corrected chi connectivity index (χ3v) is 6.28. The van der Waals surface area contributed by atoms with Crippen LogP contribution >= 0.6 is 34.5 Å². The summed E-state index contributed by atoms with van der Waals surface area (Å²) in [5.74, 6) is 0.433. The van der Waals surface area contributed by atoms with Gasteiger partial charge >= 0.3 is 0 Å². The van der Waals surface area contributed by atoms with E-state index in [0.717, 1.165) is 16.8 Å². The maximum absolute atomic E-state index is 11.8. The highest BCUT2D eigenvalue weighted by Crippen LogP contribution is 2.33. The highest BCUT2D eigenvalue weighted by Gasteiger charge is 2.18. The smallest absolute Gasteiger partial charge is 0.262 e. The van der Waals surface area contributed by atoms with Crippen molar-refractivity contribution in [3.8, 4) is 17.0 Å². The summed E-state index contributed by atoms with van der Waals surface area (Å²) < 4.78 is 7.20. The Hall–Kier alpha value is -3.46. The largest absolute Gasteiger partial charge is 0.482 e. The van der Waals surface area contributed by atoms with Crippen LogP contribution in [0.25, 0.3) is 11.3 Å². The molecular weight excluding hydrogens is 481 g/mol. The minimum Gasteiger partial charge on any atom is -0.482 e. The Balaban J connectivity index is 1.63. The third-order valence-electron chi connectivity index (χ3n) is 4.73. The van der Waals surface area contributed by atoms with Crippen molar-refractivity contribution in [1.29, 1.82) is 0 Å². The summed E-state index contributed by atoms with van der Waals surface area (Å²) in [7, 11) is 0. The number of rotatable bonds is 4. The van der Waals surface area contributed by atoms with Crippen molar-refractivity contribution in [3.63, 3.8) is 0 Å². The van der Waals surface area contributed by atoms with Crippen LogP contribution in [0.15, 0.2) is 76.4 Å². The van der Waals surface area contributed by atoms with Crippen molar-refractivity contribution in [1.82, 2.24) is 9.66 Å². The first-order valence-corrected chi connectivity index (χ1v) is 11.4. The zero-order valence-electron chi connectivity index (χ0n) is 16.9. The first-order valence-electron chi connectivity index (χ1n) is 9.78. The topological polar surface area (TPSA) is 80.9 Å². The summed E-state index contributed by atoms with van der Waals surface area (Å²) in [5, 5.41) is 10.3. The van der Waals surface area contributed by atoms with Crippen molar-refractivity contribution in [2.24, 2.45) is 10.1 Å². The van der Waals surface area contributed by atoms with Crippen LogP contribution < -0.4 is 14.9 Å². The average molecular weight is 496 g/mol. The molecule has 7 nitrogen and oxygen atoms in total. The predicted molar refractivity (Wildman–Crippen MR) is 131 cm³/mol. The average Bonchev–Trinajstić information content (AvgIpc) is 3.22. The molecule has 1 amide bonds. The number of amides is 1. The molecule has 0 saturated carbocycles. The number of anilines is 1. The van der Waals surface area contributed by atoms with Gasteiger partial charge in [-0.25, -0.2) is 9.67 Å². The molecule has 0 saturated heterocycles. The molecule has 0 fully saturated rings. The zero-order valence-corrected chi connectivity index (χ0v) is 19.2. The SMILES string of the molecule is O=C1COc2ccc(-c3csc(=Nc4ccc(Cl)c(Cl)c4)n3N=Cc3cccnc3)cc2N1. The number of aromatic nitrogens is 2. The first kappa shape index (κ1) is 21.4. The first-order chi connectivity index (χ1) is 16.1. The summed E-state index contributed by atoms with van der Waals surface area (Å²) in [4.78, 5) is 21.2. The van der Waals surface area contributed by atoms with E-state index in [1.165, 1.54) is 11.3 Å². The Labute approximate surface area is 202 Å². The van der Waals surface area contributed by atoms with Crippen LogP contribution in [0, 0.1) is 0 Å². The number of pyridine rings is 1. The van der Waals surface area contributed by atoms with Crippen LogP contribution in [0.1, 0.15) is 5.56 Å². The van der Waals surface area contributed by atoms with E-state index in [4.69, 9.17) is 32.9 Å². The van der Waals surface area contributed by atoms with Gasteiger partial charge in [0.1, 0.15) is 5.75 Å². The van der Waals surface area contributed by atoms with Crippen LogP contribution in [0.5, 0.6) is 5.75 Å². The second kappa shape index (κ2) is 9.19. The van der Waals surface area contributed by atoms with Gasteiger partial charge in [0.25, 0.3) is 5.91 Å². The van der Waals surface area contributed by atoms with Gasteiger partial charge in [-0.2, -0.15) is 5.10 Å². The number of carbonyl (C=O) groups excluding carboxylic acids is 1. The lowest BCUT2D eigenvalue weighted by Crippen LogP contribution is -2.25.